The van der Waals surface area contributed by atoms with Crippen molar-refractivity contribution in [2.75, 3.05) is 19.0 Å². The number of rotatable bonds is 6. The molecule has 0 aromatic heterocycles. The number of methoxy groups -OCH3 is 1. The molecule has 0 aliphatic heterocycles. The van der Waals surface area contributed by atoms with E-state index in [1.54, 1.807) is 12.1 Å². The first-order valence-corrected chi connectivity index (χ1v) is 7.95. The number of halogens is 3. The van der Waals surface area contributed by atoms with Crippen molar-refractivity contribution in [2.24, 2.45) is 0 Å². The summed E-state index contributed by atoms with van der Waals surface area (Å²) in [6, 6.07) is 9.39. The van der Waals surface area contributed by atoms with Gasteiger partial charge in [0.1, 0.15) is 5.75 Å². The van der Waals surface area contributed by atoms with Crippen LogP contribution in [-0.4, -0.2) is 25.6 Å². The van der Waals surface area contributed by atoms with Crippen molar-refractivity contribution in [3.63, 3.8) is 0 Å². The molecule has 2 aromatic carbocycles. The highest BCUT2D eigenvalue weighted by Gasteiger charge is 2.30. The van der Waals surface area contributed by atoms with Crippen LogP contribution < -0.4 is 10.1 Å². The van der Waals surface area contributed by atoms with Gasteiger partial charge >= 0.3 is 12.1 Å². The van der Waals surface area contributed by atoms with E-state index in [1.807, 2.05) is 13.0 Å². The second kappa shape index (κ2) is 8.57. The van der Waals surface area contributed by atoms with Gasteiger partial charge < -0.3 is 14.8 Å². The Morgan fingerprint density at radius 2 is 1.74 bits per heavy atom. The molecule has 0 spiro atoms. The van der Waals surface area contributed by atoms with E-state index in [0.29, 0.717) is 17.0 Å². The number of aryl methyl sites for hydroxylation is 1. The molecular formula is C19H18F3NO4. The topological polar surface area (TPSA) is 64.6 Å². The number of esters is 1. The highest BCUT2D eigenvalue weighted by atomic mass is 19.4. The fraction of sp³-hybridized carbons (Fsp3) is 0.263. The van der Waals surface area contributed by atoms with E-state index in [9.17, 15) is 22.8 Å². The lowest BCUT2D eigenvalue weighted by molar-refractivity contribution is -0.146. The van der Waals surface area contributed by atoms with Crippen molar-refractivity contribution in [1.82, 2.24) is 0 Å². The number of hydrogen-bond donors (Lipinski definition) is 1. The average Bonchev–Trinajstić information content (AvgIpc) is 2.60. The second-order valence-electron chi connectivity index (χ2n) is 5.78. The number of carbonyl (C=O) groups is 2. The zero-order chi connectivity index (χ0) is 20.0. The van der Waals surface area contributed by atoms with Crippen molar-refractivity contribution in [2.45, 2.75) is 19.5 Å². The molecule has 2 rings (SSSR count). The van der Waals surface area contributed by atoms with Crippen LogP contribution in [-0.2, 0) is 26.9 Å². The molecule has 1 N–H and O–H groups in total. The summed E-state index contributed by atoms with van der Waals surface area (Å²) >= 11 is 0. The molecule has 144 valence electrons. The summed E-state index contributed by atoms with van der Waals surface area (Å²) in [5.74, 6) is -0.814. The Kier molecular flexibility index (Phi) is 6.44. The Morgan fingerprint density at radius 3 is 2.33 bits per heavy atom. The Balaban J connectivity index is 1.86. The summed E-state index contributed by atoms with van der Waals surface area (Å²) < 4.78 is 47.5. The van der Waals surface area contributed by atoms with Crippen LogP contribution in [0.15, 0.2) is 42.5 Å². The molecule has 0 heterocycles. The quantitative estimate of drug-likeness (QED) is 0.774. The zero-order valence-electron chi connectivity index (χ0n) is 14.7. The molecular weight excluding hydrogens is 363 g/mol. The number of amides is 1. The smallest absolute Gasteiger partial charge is 0.416 e. The number of ether oxygens (including phenoxy) is 2. The highest BCUT2D eigenvalue weighted by molar-refractivity contribution is 5.94. The lowest BCUT2D eigenvalue weighted by atomic mass is 10.1. The third-order valence-corrected chi connectivity index (χ3v) is 3.62. The maximum absolute atomic E-state index is 12.5. The predicted molar refractivity (Wildman–Crippen MR) is 92.5 cm³/mol. The molecule has 27 heavy (non-hydrogen) atoms. The molecule has 5 nitrogen and oxygen atoms in total. The first-order chi connectivity index (χ1) is 12.7. The van der Waals surface area contributed by atoms with Gasteiger partial charge in [-0.1, -0.05) is 18.2 Å². The SMILES string of the molecule is COc1ccc(C)cc1NC(=O)COC(=O)Cc1ccc(C(F)(F)F)cc1. The Bertz CT molecular complexity index is 817. The first-order valence-electron chi connectivity index (χ1n) is 7.95. The summed E-state index contributed by atoms with van der Waals surface area (Å²) in [5, 5.41) is 2.58. The molecule has 1 amide bonds. The van der Waals surface area contributed by atoms with Crippen molar-refractivity contribution < 1.29 is 32.2 Å². The van der Waals surface area contributed by atoms with Gasteiger partial charge in [-0.25, -0.2) is 0 Å². The van der Waals surface area contributed by atoms with Crippen LogP contribution in [0.5, 0.6) is 5.75 Å². The van der Waals surface area contributed by atoms with Gasteiger partial charge in [0.2, 0.25) is 0 Å². The third kappa shape index (κ3) is 6.02. The number of nitrogens with one attached hydrogen (secondary N) is 1. The lowest BCUT2D eigenvalue weighted by Gasteiger charge is -2.11. The minimum atomic E-state index is -4.44. The van der Waals surface area contributed by atoms with E-state index < -0.39 is 30.2 Å². The van der Waals surface area contributed by atoms with Gasteiger partial charge in [-0.2, -0.15) is 13.2 Å². The Morgan fingerprint density at radius 1 is 1.07 bits per heavy atom. The molecule has 0 fully saturated rings. The molecule has 0 aliphatic rings. The zero-order valence-corrected chi connectivity index (χ0v) is 14.7. The molecule has 0 saturated carbocycles. The second-order valence-corrected chi connectivity index (χ2v) is 5.78. The fourth-order valence-corrected chi connectivity index (χ4v) is 2.28. The maximum Gasteiger partial charge on any atom is 0.416 e. The first kappa shape index (κ1) is 20.3. The summed E-state index contributed by atoms with van der Waals surface area (Å²) in [6.45, 7) is 1.33. The number of alkyl halides is 3. The predicted octanol–water partition coefficient (Wildman–Crippen LogP) is 3.75. The van der Waals surface area contributed by atoms with E-state index in [0.717, 1.165) is 17.7 Å². The molecule has 0 saturated heterocycles. The third-order valence-electron chi connectivity index (χ3n) is 3.62. The minimum absolute atomic E-state index is 0.237. The van der Waals surface area contributed by atoms with Crippen molar-refractivity contribution in [3.05, 3.63) is 59.2 Å². The molecule has 0 bridgehead atoms. The fourth-order valence-electron chi connectivity index (χ4n) is 2.28. The summed E-state index contributed by atoms with van der Waals surface area (Å²) in [4.78, 5) is 23.7. The standard InChI is InChI=1S/C19H18F3NO4/c1-12-3-8-16(26-2)15(9-12)23-17(24)11-27-18(25)10-13-4-6-14(7-5-13)19(20,21)22/h3-9H,10-11H2,1-2H3,(H,23,24). The van der Waals surface area contributed by atoms with E-state index in [1.165, 1.54) is 19.2 Å². The molecule has 8 heteroatoms. The van der Waals surface area contributed by atoms with Crippen LogP contribution in [0, 0.1) is 6.92 Å². The van der Waals surface area contributed by atoms with Gasteiger partial charge in [-0.3, -0.25) is 9.59 Å². The number of carbonyl (C=O) groups excluding carboxylic acids is 2. The number of hydrogen-bond acceptors (Lipinski definition) is 4. The van der Waals surface area contributed by atoms with Crippen molar-refractivity contribution in [3.8, 4) is 5.75 Å². The van der Waals surface area contributed by atoms with E-state index >= 15 is 0 Å². The van der Waals surface area contributed by atoms with Gasteiger partial charge in [0.25, 0.3) is 5.91 Å². The normalized spacial score (nSPS) is 11.0. The van der Waals surface area contributed by atoms with Gasteiger partial charge in [-0.15, -0.1) is 0 Å². The van der Waals surface area contributed by atoms with E-state index in [-0.39, 0.29) is 6.42 Å². The van der Waals surface area contributed by atoms with Crippen LogP contribution in [0.2, 0.25) is 0 Å². The number of anilines is 1. The minimum Gasteiger partial charge on any atom is -0.495 e. The van der Waals surface area contributed by atoms with Gasteiger partial charge in [0.15, 0.2) is 6.61 Å². The van der Waals surface area contributed by atoms with Crippen LogP contribution in [0.3, 0.4) is 0 Å². The maximum atomic E-state index is 12.5. The summed E-state index contributed by atoms with van der Waals surface area (Å²) in [5.41, 5.74) is 0.909. The Hall–Kier alpha value is -3.03. The number of benzene rings is 2. The van der Waals surface area contributed by atoms with Crippen LogP contribution in [0.25, 0.3) is 0 Å². The monoisotopic (exact) mass is 381 g/mol. The van der Waals surface area contributed by atoms with E-state index in [4.69, 9.17) is 9.47 Å². The molecule has 0 radical (unpaired) electrons. The molecule has 2 aromatic rings. The average molecular weight is 381 g/mol. The lowest BCUT2D eigenvalue weighted by Crippen LogP contribution is -2.22. The highest BCUT2D eigenvalue weighted by Crippen LogP contribution is 2.29. The van der Waals surface area contributed by atoms with Crippen LogP contribution >= 0.6 is 0 Å². The largest absolute Gasteiger partial charge is 0.495 e. The van der Waals surface area contributed by atoms with Gasteiger partial charge in [0.05, 0.1) is 24.8 Å². The van der Waals surface area contributed by atoms with Crippen LogP contribution in [0.4, 0.5) is 18.9 Å². The van der Waals surface area contributed by atoms with Gasteiger partial charge in [0, 0.05) is 0 Å². The van der Waals surface area contributed by atoms with Gasteiger partial charge in [-0.05, 0) is 42.3 Å². The van der Waals surface area contributed by atoms with E-state index in [2.05, 4.69) is 5.32 Å². The van der Waals surface area contributed by atoms with Crippen LogP contribution in [0.1, 0.15) is 16.7 Å². The molecule has 0 aliphatic carbocycles. The summed E-state index contributed by atoms with van der Waals surface area (Å²) in [6.07, 6.45) is -4.67. The van der Waals surface area contributed by atoms with Crippen molar-refractivity contribution >= 4 is 17.6 Å². The Labute approximate surface area is 154 Å². The van der Waals surface area contributed by atoms with Crippen molar-refractivity contribution in [1.29, 1.82) is 0 Å². The molecule has 0 atom stereocenters. The summed E-state index contributed by atoms with van der Waals surface area (Å²) in [7, 11) is 1.46. The molecule has 0 unspecified atom stereocenters.